The van der Waals surface area contributed by atoms with Crippen LogP contribution in [0.15, 0.2) is 42.7 Å². The summed E-state index contributed by atoms with van der Waals surface area (Å²) in [6.07, 6.45) is 7.10. The molecule has 3 heterocycles. The molecule has 2 saturated heterocycles. The lowest BCUT2D eigenvalue weighted by atomic mass is 10.1. The third-order valence-electron chi connectivity index (χ3n) is 5.30. The SMILES string of the molecule is O=C(COc1ccc(N2CCCC2=O)cc1)N1CCC(n2cccn2)CC1. The van der Waals surface area contributed by atoms with Gasteiger partial charge < -0.3 is 14.5 Å². The molecule has 2 aromatic rings. The van der Waals surface area contributed by atoms with Crippen molar-refractivity contribution in [2.45, 2.75) is 31.7 Å². The minimum Gasteiger partial charge on any atom is -0.484 e. The monoisotopic (exact) mass is 368 g/mol. The van der Waals surface area contributed by atoms with Crippen LogP contribution in [0.4, 0.5) is 5.69 Å². The van der Waals surface area contributed by atoms with E-state index in [1.54, 1.807) is 11.1 Å². The number of aromatic nitrogens is 2. The van der Waals surface area contributed by atoms with Crippen molar-refractivity contribution in [3.63, 3.8) is 0 Å². The standard InChI is InChI=1S/C20H24N4O3/c25-19-3-1-11-23(19)16-4-6-18(7-5-16)27-15-20(26)22-13-8-17(9-14-22)24-12-2-10-21-24/h2,4-7,10,12,17H,1,3,8-9,11,13-15H2. The zero-order chi connectivity index (χ0) is 18.6. The topological polar surface area (TPSA) is 67.7 Å². The van der Waals surface area contributed by atoms with Gasteiger partial charge in [0.15, 0.2) is 6.61 Å². The molecule has 142 valence electrons. The number of likely N-dealkylation sites (tertiary alicyclic amines) is 1. The third-order valence-corrected chi connectivity index (χ3v) is 5.30. The summed E-state index contributed by atoms with van der Waals surface area (Å²) in [5.74, 6) is 0.815. The van der Waals surface area contributed by atoms with E-state index in [1.165, 1.54) is 0 Å². The minimum atomic E-state index is 0.00714. The van der Waals surface area contributed by atoms with Gasteiger partial charge in [-0.15, -0.1) is 0 Å². The van der Waals surface area contributed by atoms with Crippen LogP contribution in [0.2, 0.25) is 0 Å². The summed E-state index contributed by atoms with van der Waals surface area (Å²) in [7, 11) is 0. The molecule has 7 nitrogen and oxygen atoms in total. The molecular formula is C20H24N4O3. The van der Waals surface area contributed by atoms with Gasteiger partial charge in [-0.3, -0.25) is 14.3 Å². The van der Waals surface area contributed by atoms with Crippen molar-refractivity contribution >= 4 is 17.5 Å². The van der Waals surface area contributed by atoms with Crippen LogP contribution in [-0.4, -0.2) is 52.7 Å². The zero-order valence-electron chi connectivity index (χ0n) is 15.3. The second-order valence-corrected chi connectivity index (χ2v) is 7.03. The van der Waals surface area contributed by atoms with Gasteiger partial charge in [0.1, 0.15) is 5.75 Å². The summed E-state index contributed by atoms with van der Waals surface area (Å²) < 4.78 is 7.63. The highest BCUT2D eigenvalue weighted by molar-refractivity contribution is 5.95. The summed E-state index contributed by atoms with van der Waals surface area (Å²) in [5, 5.41) is 4.29. The lowest BCUT2D eigenvalue weighted by Gasteiger charge is -2.32. The number of carbonyl (C=O) groups excluding carboxylic acids is 2. The number of nitrogens with zero attached hydrogens (tertiary/aromatic N) is 4. The molecule has 1 aromatic heterocycles. The molecule has 4 rings (SSSR count). The van der Waals surface area contributed by atoms with Gasteiger partial charge in [0, 0.05) is 44.1 Å². The predicted molar refractivity (Wildman–Crippen MR) is 101 cm³/mol. The van der Waals surface area contributed by atoms with Gasteiger partial charge in [0.2, 0.25) is 5.91 Å². The van der Waals surface area contributed by atoms with E-state index in [1.807, 2.05) is 46.1 Å². The van der Waals surface area contributed by atoms with E-state index in [0.29, 0.717) is 18.2 Å². The molecule has 0 bridgehead atoms. The van der Waals surface area contributed by atoms with Crippen molar-refractivity contribution in [1.82, 2.24) is 14.7 Å². The van der Waals surface area contributed by atoms with Crippen molar-refractivity contribution in [2.75, 3.05) is 31.1 Å². The Hall–Kier alpha value is -2.83. The van der Waals surface area contributed by atoms with Gasteiger partial charge >= 0.3 is 0 Å². The van der Waals surface area contributed by atoms with E-state index in [9.17, 15) is 9.59 Å². The molecule has 0 atom stereocenters. The Morgan fingerprint density at radius 1 is 1.15 bits per heavy atom. The quantitative estimate of drug-likeness (QED) is 0.812. The maximum Gasteiger partial charge on any atom is 0.260 e. The van der Waals surface area contributed by atoms with Gasteiger partial charge in [0.25, 0.3) is 5.91 Å². The number of piperidine rings is 1. The molecular weight excluding hydrogens is 344 g/mol. The minimum absolute atomic E-state index is 0.00714. The Kier molecular flexibility index (Phi) is 5.09. The summed E-state index contributed by atoms with van der Waals surface area (Å²) in [6, 6.07) is 9.68. The van der Waals surface area contributed by atoms with Crippen molar-refractivity contribution in [2.24, 2.45) is 0 Å². The maximum atomic E-state index is 12.4. The van der Waals surface area contributed by atoms with Crippen molar-refractivity contribution in [1.29, 1.82) is 0 Å². The first-order chi connectivity index (χ1) is 13.2. The van der Waals surface area contributed by atoms with E-state index >= 15 is 0 Å². The summed E-state index contributed by atoms with van der Waals surface area (Å²) in [4.78, 5) is 27.8. The van der Waals surface area contributed by atoms with Gasteiger partial charge in [-0.05, 0) is 49.6 Å². The fraction of sp³-hybridized carbons (Fsp3) is 0.450. The highest BCUT2D eigenvalue weighted by atomic mass is 16.5. The van der Waals surface area contributed by atoms with Crippen LogP contribution < -0.4 is 9.64 Å². The van der Waals surface area contributed by atoms with E-state index in [2.05, 4.69) is 5.10 Å². The Morgan fingerprint density at radius 2 is 1.93 bits per heavy atom. The predicted octanol–water partition coefficient (Wildman–Crippen LogP) is 2.25. The molecule has 1 aromatic carbocycles. The molecule has 0 spiro atoms. The summed E-state index contributed by atoms with van der Waals surface area (Å²) >= 11 is 0. The Balaban J connectivity index is 1.25. The Labute approximate surface area is 158 Å². The van der Waals surface area contributed by atoms with Gasteiger partial charge in [0.05, 0.1) is 6.04 Å². The van der Waals surface area contributed by atoms with Crippen LogP contribution in [0.1, 0.15) is 31.7 Å². The van der Waals surface area contributed by atoms with Gasteiger partial charge in [-0.2, -0.15) is 5.10 Å². The van der Waals surface area contributed by atoms with Crippen LogP contribution in [0.5, 0.6) is 5.75 Å². The molecule has 0 N–H and O–H groups in total. The molecule has 27 heavy (non-hydrogen) atoms. The molecule has 0 radical (unpaired) electrons. The van der Waals surface area contributed by atoms with Gasteiger partial charge in [-0.25, -0.2) is 0 Å². The largest absolute Gasteiger partial charge is 0.484 e. The number of hydrogen-bond acceptors (Lipinski definition) is 4. The average Bonchev–Trinajstić information content (AvgIpc) is 3.39. The molecule has 2 amide bonds. The Morgan fingerprint density at radius 3 is 2.56 bits per heavy atom. The van der Waals surface area contributed by atoms with Crippen LogP contribution in [-0.2, 0) is 9.59 Å². The second kappa shape index (κ2) is 7.82. The molecule has 0 unspecified atom stereocenters. The first-order valence-electron chi connectivity index (χ1n) is 9.51. The van der Waals surface area contributed by atoms with E-state index < -0.39 is 0 Å². The molecule has 2 fully saturated rings. The number of amides is 2. The molecule has 2 aliphatic heterocycles. The van der Waals surface area contributed by atoms with Crippen molar-refractivity contribution in [3.05, 3.63) is 42.7 Å². The van der Waals surface area contributed by atoms with E-state index in [4.69, 9.17) is 4.74 Å². The normalized spacial score (nSPS) is 18.1. The number of benzene rings is 1. The first kappa shape index (κ1) is 17.6. The van der Waals surface area contributed by atoms with E-state index in [0.717, 1.165) is 44.6 Å². The number of anilines is 1. The molecule has 2 aliphatic rings. The lowest BCUT2D eigenvalue weighted by Crippen LogP contribution is -2.41. The smallest absolute Gasteiger partial charge is 0.260 e. The van der Waals surface area contributed by atoms with Crippen LogP contribution in [0, 0.1) is 0 Å². The Bertz CT molecular complexity index is 780. The zero-order valence-corrected chi connectivity index (χ0v) is 15.3. The highest BCUT2D eigenvalue weighted by Gasteiger charge is 2.24. The fourth-order valence-corrected chi connectivity index (χ4v) is 3.76. The summed E-state index contributed by atoms with van der Waals surface area (Å²) in [6.45, 7) is 2.26. The first-order valence-corrected chi connectivity index (χ1v) is 9.51. The second-order valence-electron chi connectivity index (χ2n) is 7.03. The van der Waals surface area contributed by atoms with Crippen molar-refractivity contribution < 1.29 is 14.3 Å². The highest BCUT2D eigenvalue weighted by Crippen LogP contribution is 2.24. The third kappa shape index (κ3) is 3.97. The van der Waals surface area contributed by atoms with Crippen molar-refractivity contribution in [3.8, 4) is 5.75 Å². The molecule has 0 aliphatic carbocycles. The average molecular weight is 368 g/mol. The number of ether oxygens (including phenoxy) is 1. The number of hydrogen-bond donors (Lipinski definition) is 0. The fourth-order valence-electron chi connectivity index (χ4n) is 3.76. The van der Waals surface area contributed by atoms with E-state index in [-0.39, 0.29) is 18.4 Å². The van der Waals surface area contributed by atoms with Crippen LogP contribution in [0.3, 0.4) is 0 Å². The molecule has 0 saturated carbocycles. The summed E-state index contributed by atoms with van der Waals surface area (Å²) in [5.41, 5.74) is 0.886. The number of rotatable bonds is 5. The van der Waals surface area contributed by atoms with Crippen LogP contribution >= 0.6 is 0 Å². The molecule has 7 heteroatoms. The van der Waals surface area contributed by atoms with Gasteiger partial charge in [-0.1, -0.05) is 0 Å². The van der Waals surface area contributed by atoms with Crippen LogP contribution in [0.25, 0.3) is 0 Å². The number of carbonyl (C=O) groups is 2. The maximum absolute atomic E-state index is 12.4. The lowest BCUT2D eigenvalue weighted by molar-refractivity contribution is -0.134.